The first kappa shape index (κ1) is 23.5. The standard InChI is InChI=1S/C19H21BrN4O5S2/c1-31(28,29)21-10-14-16(20)30-19(23-14)24-18(27)17(26)22-13-9-5-4-8-12(13)15(25)11-6-2-3-7-11/h4-5,8-9,11,21H,2-3,6-7,10H2,1H3,(H,22,26)(H,23,24,27). The number of anilines is 2. The third-order valence-corrected chi connectivity index (χ3v) is 7.16. The van der Waals surface area contributed by atoms with E-state index in [-0.39, 0.29) is 29.1 Å². The molecular weight excluding hydrogens is 508 g/mol. The second-order valence-corrected chi connectivity index (χ2v) is 11.3. The van der Waals surface area contributed by atoms with Crippen molar-refractivity contribution in [2.45, 2.75) is 32.2 Å². The summed E-state index contributed by atoms with van der Waals surface area (Å²) in [6, 6.07) is 6.63. The van der Waals surface area contributed by atoms with Gasteiger partial charge in [0.05, 0.1) is 28.0 Å². The minimum absolute atomic E-state index is 0.0271. The van der Waals surface area contributed by atoms with Crippen LogP contribution in [-0.4, -0.2) is 37.3 Å². The van der Waals surface area contributed by atoms with Gasteiger partial charge in [-0.3, -0.25) is 19.7 Å². The van der Waals surface area contributed by atoms with Gasteiger partial charge in [0.25, 0.3) is 0 Å². The minimum Gasteiger partial charge on any atom is -0.317 e. The van der Waals surface area contributed by atoms with E-state index in [1.807, 2.05) is 0 Å². The van der Waals surface area contributed by atoms with Crippen LogP contribution in [0.25, 0.3) is 0 Å². The van der Waals surface area contributed by atoms with Gasteiger partial charge in [0.2, 0.25) is 10.0 Å². The molecule has 3 rings (SSSR count). The first-order valence-electron chi connectivity index (χ1n) is 9.49. The predicted molar refractivity (Wildman–Crippen MR) is 121 cm³/mol. The molecule has 1 aliphatic rings. The fourth-order valence-electron chi connectivity index (χ4n) is 3.24. The van der Waals surface area contributed by atoms with Crippen molar-refractivity contribution in [1.82, 2.24) is 9.71 Å². The van der Waals surface area contributed by atoms with Crippen LogP contribution in [0.15, 0.2) is 28.1 Å². The number of hydrogen-bond donors (Lipinski definition) is 3. The third-order valence-electron chi connectivity index (χ3n) is 4.74. The van der Waals surface area contributed by atoms with Crippen molar-refractivity contribution >= 4 is 65.7 Å². The van der Waals surface area contributed by atoms with E-state index in [0.717, 1.165) is 43.3 Å². The number of carbonyl (C=O) groups excluding carboxylic acids is 3. The van der Waals surface area contributed by atoms with Crippen molar-refractivity contribution in [2.75, 3.05) is 16.9 Å². The van der Waals surface area contributed by atoms with E-state index in [1.165, 1.54) is 0 Å². The minimum atomic E-state index is -3.40. The average Bonchev–Trinajstić information content (AvgIpc) is 3.35. The largest absolute Gasteiger partial charge is 0.317 e. The summed E-state index contributed by atoms with van der Waals surface area (Å²) in [5.41, 5.74) is 1.05. The number of rotatable bonds is 7. The number of halogens is 1. The Morgan fingerprint density at radius 2 is 1.77 bits per heavy atom. The molecule has 0 atom stereocenters. The molecule has 0 unspecified atom stereocenters. The van der Waals surface area contributed by atoms with Gasteiger partial charge in [0.15, 0.2) is 10.9 Å². The molecule has 0 bridgehead atoms. The fourth-order valence-corrected chi connectivity index (χ4v) is 5.04. The number of Topliss-reactive ketones (excluding diaryl/α,β-unsaturated/α-hetero) is 1. The molecule has 1 aromatic heterocycles. The van der Waals surface area contributed by atoms with Crippen molar-refractivity contribution in [3.63, 3.8) is 0 Å². The van der Waals surface area contributed by atoms with Gasteiger partial charge >= 0.3 is 11.8 Å². The Morgan fingerprint density at radius 1 is 1.13 bits per heavy atom. The van der Waals surface area contributed by atoms with Gasteiger partial charge in [-0.25, -0.2) is 18.1 Å². The van der Waals surface area contributed by atoms with Crippen LogP contribution in [0.4, 0.5) is 10.8 Å². The number of hydrogen-bond acceptors (Lipinski definition) is 7. The normalized spacial score (nSPS) is 14.4. The van der Waals surface area contributed by atoms with Crippen molar-refractivity contribution in [2.24, 2.45) is 5.92 Å². The summed E-state index contributed by atoms with van der Waals surface area (Å²) in [6.45, 7) is -0.0609. The maximum atomic E-state index is 12.8. The first-order valence-corrected chi connectivity index (χ1v) is 13.0. The van der Waals surface area contributed by atoms with E-state index in [0.29, 0.717) is 15.0 Å². The molecule has 0 radical (unpaired) electrons. The molecule has 0 aliphatic heterocycles. The van der Waals surface area contributed by atoms with E-state index in [4.69, 9.17) is 0 Å². The smallest absolute Gasteiger partial charge is 0.315 e. The molecule has 1 saturated carbocycles. The molecule has 31 heavy (non-hydrogen) atoms. The Bertz CT molecular complexity index is 1110. The number of aromatic nitrogens is 1. The van der Waals surface area contributed by atoms with Gasteiger partial charge in [0.1, 0.15) is 0 Å². The Morgan fingerprint density at radius 3 is 2.45 bits per heavy atom. The molecule has 9 nitrogen and oxygen atoms in total. The molecule has 0 saturated heterocycles. The second-order valence-electron chi connectivity index (χ2n) is 7.13. The van der Waals surface area contributed by atoms with E-state index < -0.39 is 21.8 Å². The van der Waals surface area contributed by atoms with E-state index in [1.54, 1.807) is 24.3 Å². The number of benzene rings is 1. The Hall–Kier alpha value is -2.15. The number of ketones is 1. The lowest BCUT2D eigenvalue weighted by molar-refractivity contribution is -0.133. The van der Waals surface area contributed by atoms with Crippen LogP contribution in [0.2, 0.25) is 0 Å². The number of nitrogens with zero attached hydrogens (tertiary/aromatic N) is 1. The number of amides is 2. The summed E-state index contributed by atoms with van der Waals surface area (Å²) in [6.07, 6.45) is 4.71. The molecule has 2 aromatic rings. The molecule has 166 valence electrons. The van der Waals surface area contributed by atoms with E-state index in [9.17, 15) is 22.8 Å². The van der Waals surface area contributed by atoms with E-state index >= 15 is 0 Å². The highest BCUT2D eigenvalue weighted by atomic mass is 79.9. The first-order chi connectivity index (χ1) is 14.6. The molecule has 1 aromatic carbocycles. The van der Waals surface area contributed by atoms with Crippen LogP contribution in [0.5, 0.6) is 0 Å². The van der Waals surface area contributed by atoms with Crippen LogP contribution >= 0.6 is 27.3 Å². The van der Waals surface area contributed by atoms with Gasteiger partial charge < -0.3 is 5.32 Å². The van der Waals surface area contributed by atoms with Gasteiger partial charge in [-0.2, -0.15) is 0 Å². The number of carbonyl (C=O) groups is 3. The monoisotopic (exact) mass is 528 g/mol. The molecule has 0 spiro atoms. The van der Waals surface area contributed by atoms with Crippen molar-refractivity contribution in [3.8, 4) is 0 Å². The van der Waals surface area contributed by atoms with Gasteiger partial charge in [0, 0.05) is 11.5 Å². The molecule has 1 fully saturated rings. The lowest BCUT2D eigenvalue weighted by atomic mass is 9.95. The molecule has 3 N–H and O–H groups in total. The zero-order valence-corrected chi connectivity index (χ0v) is 19.8. The molecule has 1 aliphatic carbocycles. The number of thiazole rings is 1. The van der Waals surface area contributed by atoms with Crippen molar-refractivity contribution < 1.29 is 22.8 Å². The SMILES string of the molecule is CS(=O)(=O)NCc1nc(NC(=O)C(=O)Nc2ccccc2C(=O)C2CCCC2)sc1Br. The zero-order chi connectivity index (χ0) is 22.6. The number of nitrogens with one attached hydrogen (secondary N) is 3. The summed E-state index contributed by atoms with van der Waals surface area (Å²) in [4.78, 5) is 41.6. The Labute approximate surface area is 192 Å². The third kappa shape index (κ3) is 6.42. The topological polar surface area (TPSA) is 134 Å². The number of para-hydroxylation sites is 1. The van der Waals surface area contributed by atoms with Crippen LogP contribution in [0.3, 0.4) is 0 Å². The summed E-state index contributed by atoms with van der Waals surface area (Å²) in [7, 11) is -3.40. The highest BCUT2D eigenvalue weighted by Crippen LogP contribution is 2.31. The predicted octanol–water partition coefficient (Wildman–Crippen LogP) is 2.90. The van der Waals surface area contributed by atoms with Crippen LogP contribution in [0, 0.1) is 5.92 Å². The van der Waals surface area contributed by atoms with Gasteiger partial charge in [-0.05, 0) is 40.9 Å². The fraction of sp³-hybridized carbons (Fsp3) is 0.368. The second kappa shape index (κ2) is 9.98. The zero-order valence-electron chi connectivity index (χ0n) is 16.6. The highest BCUT2D eigenvalue weighted by molar-refractivity contribution is 9.11. The van der Waals surface area contributed by atoms with Crippen molar-refractivity contribution in [3.05, 3.63) is 39.3 Å². The molecule has 12 heteroatoms. The summed E-state index contributed by atoms with van der Waals surface area (Å²) >= 11 is 4.30. The Kier molecular flexibility index (Phi) is 7.57. The quantitative estimate of drug-likeness (QED) is 0.373. The maximum Gasteiger partial charge on any atom is 0.315 e. The summed E-state index contributed by atoms with van der Waals surface area (Å²) < 4.78 is 25.3. The van der Waals surface area contributed by atoms with Gasteiger partial charge in [-0.1, -0.05) is 36.3 Å². The molecule has 1 heterocycles. The van der Waals surface area contributed by atoms with Crippen LogP contribution in [0.1, 0.15) is 41.7 Å². The maximum absolute atomic E-state index is 12.8. The molecular formula is C19H21BrN4O5S2. The molecule has 2 amide bonds. The van der Waals surface area contributed by atoms with Crippen molar-refractivity contribution in [1.29, 1.82) is 0 Å². The van der Waals surface area contributed by atoms with Gasteiger partial charge in [-0.15, -0.1) is 0 Å². The van der Waals surface area contributed by atoms with E-state index in [2.05, 4.69) is 36.3 Å². The lowest BCUT2D eigenvalue weighted by Gasteiger charge is -2.13. The summed E-state index contributed by atoms with van der Waals surface area (Å²) in [5.74, 6) is -1.97. The highest BCUT2D eigenvalue weighted by Gasteiger charge is 2.26. The lowest BCUT2D eigenvalue weighted by Crippen LogP contribution is -2.30. The average molecular weight is 529 g/mol. The Balaban J connectivity index is 1.65. The summed E-state index contributed by atoms with van der Waals surface area (Å²) in [5, 5.41) is 5.02. The number of sulfonamides is 1. The van der Waals surface area contributed by atoms with Crippen LogP contribution in [-0.2, 0) is 26.2 Å². The van der Waals surface area contributed by atoms with Crippen LogP contribution < -0.4 is 15.4 Å².